The lowest BCUT2D eigenvalue weighted by atomic mass is 9.84. The molecule has 1 aromatic heterocycles. The maximum atomic E-state index is 12.7. The Balaban J connectivity index is 1.53. The zero-order chi connectivity index (χ0) is 16.0. The van der Waals surface area contributed by atoms with Crippen LogP contribution in [0.2, 0.25) is 0 Å². The molecule has 1 heterocycles. The number of hydrogen-bond donors (Lipinski definition) is 2. The van der Waals surface area contributed by atoms with Crippen molar-refractivity contribution in [3.8, 4) is 11.4 Å². The van der Waals surface area contributed by atoms with E-state index in [0.29, 0.717) is 11.8 Å². The fraction of sp³-hybridized carbons (Fsp3) is 0.471. The number of carbonyl (C=O) groups excluding carboxylic acids is 1. The highest BCUT2D eigenvalue weighted by molar-refractivity contribution is 5.94. The number of carbonyl (C=O) groups is 1. The van der Waals surface area contributed by atoms with Crippen LogP contribution in [-0.4, -0.2) is 26.7 Å². The molecule has 23 heavy (non-hydrogen) atoms. The maximum absolute atomic E-state index is 12.7. The van der Waals surface area contributed by atoms with E-state index in [1.807, 2.05) is 35.9 Å². The fourth-order valence-electron chi connectivity index (χ4n) is 4.23. The molecule has 0 spiro atoms. The monoisotopic (exact) mass is 311 g/mol. The lowest BCUT2D eigenvalue weighted by Gasteiger charge is -2.27. The number of aromatic nitrogens is 3. The molecule has 2 aromatic rings. The summed E-state index contributed by atoms with van der Waals surface area (Å²) in [5.41, 5.74) is 7.98. The Morgan fingerprint density at radius 3 is 2.87 bits per heavy atom. The molecule has 0 saturated heterocycles. The first kappa shape index (κ1) is 14.4. The number of amides is 1. The molecule has 6 nitrogen and oxygen atoms in total. The van der Waals surface area contributed by atoms with Gasteiger partial charge in [0.05, 0.1) is 5.92 Å². The molecule has 6 heteroatoms. The molecule has 120 valence electrons. The summed E-state index contributed by atoms with van der Waals surface area (Å²) in [4.78, 5) is 12.7. The van der Waals surface area contributed by atoms with Gasteiger partial charge in [-0.15, -0.1) is 10.2 Å². The number of nitrogens with two attached hydrogens (primary N) is 1. The third-order valence-electron chi connectivity index (χ3n) is 5.38. The van der Waals surface area contributed by atoms with E-state index in [-0.39, 0.29) is 17.9 Å². The quantitative estimate of drug-likeness (QED) is 0.905. The number of hydrogen-bond acceptors (Lipinski definition) is 4. The van der Waals surface area contributed by atoms with Crippen LogP contribution in [0.4, 0.5) is 5.69 Å². The number of rotatable bonds is 3. The average Bonchev–Trinajstić information content (AvgIpc) is 3.23. The van der Waals surface area contributed by atoms with Crippen molar-refractivity contribution in [3.63, 3.8) is 0 Å². The van der Waals surface area contributed by atoms with Crippen LogP contribution in [-0.2, 0) is 11.8 Å². The number of aryl methyl sites for hydroxylation is 1. The summed E-state index contributed by atoms with van der Waals surface area (Å²) in [5, 5.41) is 11.0. The molecule has 4 unspecified atom stereocenters. The zero-order valence-electron chi connectivity index (χ0n) is 13.1. The van der Waals surface area contributed by atoms with E-state index in [4.69, 9.17) is 5.73 Å². The molecule has 2 fully saturated rings. The average molecular weight is 311 g/mol. The highest BCUT2D eigenvalue weighted by atomic mass is 16.2. The van der Waals surface area contributed by atoms with Gasteiger partial charge in [-0.2, -0.15) is 0 Å². The topological polar surface area (TPSA) is 85.8 Å². The van der Waals surface area contributed by atoms with Crippen LogP contribution in [0.3, 0.4) is 0 Å². The van der Waals surface area contributed by atoms with Crippen LogP contribution in [0.15, 0.2) is 30.6 Å². The molecular formula is C17H21N5O. The van der Waals surface area contributed by atoms with Crippen LogP contribution in [0, 0.1) is 17.8 Å². The summed E-state index contributed by atoms with van der Waals surface area (Å²) in [6.45, 7) is 0. The van der Waals surface area contributed by atoms with Crippen molar-refractivity contribution in [1.29, 1.82) is 0 Å². The highest BCUT2D eigenvalue weighted by Gasteiger charge is 2.49. The Labute approximate surface area is 135 Å². The first-order valence-electron chi connectivity index (χ1n) is 8.14. The molecule has 2 bridgehead atoms. The highest BCUT2D eigenvalue weighted by Crippen LogP contribution is 2.47. The van der Waals surface area contributed by atoms with Gasteiger partial charge in [0.25, 0.3) is 0 Å². The van der Waals surface area contributed by atoms with Gasteiger partial charge in [-0.1, -0.05) is 12.1 Å². The van der Waals surface area contributed by atoms with Gasteiger partial charge in [-0.25, -0.2) is 0 Å². The normalized spacial score (nSPS) is 29.0. The van der Waals surface area contributed by atoms with Crippen molar-refractivity contribution in [3.05, 3.63) is 30.6 Å². The Bertz CT molecular complexity index is 738. The van der Waals surface area contributed by atoms with Gasteiger partial charge in [0.1, 0.15) is 6.33 Å². The van der Waals surface area contributed by atoms with E-state index in [9.17, 15) is 4.79 Å². The first-order chi connectivity index (χ1) is 11.1. The predicted octanol–water partition coefficient (Wildman–Crippen LogP) is 1.79. The molecule has 1 amide bonds. The van der Waals surface area contributed by atoms with E-state index in [1.54, 1.807) is 6.33 Å². The fourth-order valence-corrected chi connectivity index (χ4v) is 4.23. The van der Waals surface area contributed by atoms with Gasteiger partial charge in [0.15, 0.2) is 5.82 Å². The summed E-state index contributed by atoms with van der Waals surface area (Å²) in [6.07, 6.45) is 5.08. The van der Waals surface area contributed by atoms with Crippen molar-refractivity contribution in [1.82, 2.24) is 14.8 Å². The summed E-state index contributed by atoms with van der Waals surface area (Å²) in [7, 11) is 1.90. The lowest BCUT2D eigenvalue weighted by molar-refractivity contribution is -0.121. The van der Waals surface area contributed by atoms with Crippen LogP contribution >= 0.6 is 0 Å². The Kier molecular flexibility index (Phi) is 3.41. The molecule has 4 rings (SSSR count). The van der Waals surface area contributed by atoms with Crippen molar-refractivity contribution >= 4 is 11.6 Å². The Morgan fingerprint density at radius 1 is 1.35 bits per heavy atom. The zero-order valence-corrected chi connectivity index (χ0v) is 13.1. The molecular weight excluding hydrogens is 290 g/mol. The van der Waals surface area contributed by atoms with E-state index < -0.39 is 0 Å². The summed E-state index contributed by atoms with van der Waals surface area (Å²) >= 11 is 0. The molecule has 2 saturated carbocycles. The van der Waals surface area contributed by atoms with Crippen LogP contribution in [0.25, 0.3) is 11.4 Å². The van der Waals surface area contributed by atoms with Crippen LogP contribution in [0.1, 0.15) is 19.3 Å². The first-order valence-corrected chi connectivity index (χ1v) is 8.14. The number of benzene rings is 1. The van der Waals surface area contributed by atoms with Crippen LogP contribution < -0.4 is 11.1 Å². The van der Waals surface area contributed by atoms with Crippen molar-refractivity contribution in [2.45, 2.75) is 25.3 Å². The molecule has 4 atom stereocenters. The summed E-state index contributed by atoms with van der Waals surface area (Å²) < 4.78 is 1.85. The minimum absolute atomic E-state index is 0.00988. The second-order valence-electron chi connectivity index (χ2n) is 6.77. The lowest BCUT2D eigenvalue weighted by Crippen LogP contribution is -2.42. The molecule has 2 aliphatic rings. The van der Waals surface area contributed by atoms with Gasteiger partial charge < -0.3 is 15.6 Å². The molecule has 3 N–H and O–H groups in total. The summed E-state index contributed by atoms with van der Waals surface area (Å²) in [5.74, 6) is 1.77. The number of anilines is 1. The molecule has 1 aromatic carbocycles. The van der Waals surface area contributed by atoms with Gasteiger partial charge in [0, 0.05) is 24.3 Å². The second-order valence-corrected chi connectivity index (χ2v) is 6.77. The van der Waals surface area contributed by atoms with Crippen molar-refractivity contribution in [2.75, 3.05) is 5.32 Å². The van der Waals surface area contributed by atoms with Crippen molar-refractivity contribution < 1.29 is 4.79 Å². The molecule has 0 aliphatic heterocycles. The minimum atomic E-state index is -0.0489. The Morgan fingerprint density at radius 2 is 2.17 bits per heavy atom. The second kappa shape index (κ2) is 5.45. The van der Waals surface area contributed by atoms with Crippen molar-refractivity contribution in [2.24, 2.45) is 30.5 Å². The molecule has 2 aliphatic carbocycles. The third-order valence-corrected chi connectivity index (χ3v) is 5.38. The maximum Gasteiger partial charge on any atom is 0.229 e. The predicted molar refractivity (Wildman–Crippen MR) is 87.4 cm³/mol. The Hall–Kier alpha value is -2.21. The van der Waals surface area contributed by atoms with E-state index in [2.05, 4.69) is 15.5 Å². The van der Waals surface area contributed by atoms with Gasteiger partial charge in [-0.3, -0.25) is 4.79 Å². The minimum Gasteiger partial charge on any atom is -0.327 e. The summed E-state index contributed by atoms with van der Waals surface area (Å²) in [6, 6.07) is 7.72. The SMILES string of the molecule is Cn1cnnc1-c1cccc(NC(=O)C2C3CCC(C3)C2N)c1. The van der Waals surface area contributed by atoms with Gasteiger partial charge in [-0.05, 0) is 43.2 Å². The van der Waals surface area contributed by atoms with Gasteiger partial charge in [0.2, 0.25) is 5.91 Å². The number of fused-ring (bicyclic) bond motifs is 2. The van der Waals surface area contributed by atoms with E-state index in [1.165, 1.54) is 6.42 Å². The molecule has 0 radical (unpaired) electrons. The van der Waals surface area contributed by atoms with E-state index >= 15 is 0 Å². The van der Waals surface area contributed by atoms with E-state index in [0.717, 1.165) is 29.9 Å². The van der Waals surface area contributed by atoms with Gasteiger partial charge >= 0.3 is 0 Å². The number of nitrogens with zero attached hydrogens (tertiary/aromatic N) is 3. The smallest absolute Gasteiger partial charge is 0.229 e. The number of nitrogens with one attached hydrogen (secondary N) is 1. The third kappa shape index (κ3) is 2.43. The van der Waals surface area contributed by atoms with Crippen LogP contribution in [0.5, 0.6) is 0 Å². The largest absolute Gasteiger partial charge is 0.327 e. The standard InChI is InChI=1S/C17H21N5O/c1-22-9-19-21-16(22)12-3-2-4-13(8-12)20-17(23)14-10-5-6-11(7-10)15(14)18/h2-4,8-11,14-15H,5-7,18H2,1H3,(H,20,23).